The van der Waals surface area contributed by atoms with E-state index in [9.17, 15) is 4.79 Å². The van der Waals surface area contributed by atoms with E-state index in [4.69, 9.17) is 21.2 Å². The maximum Gasteiger partial charge on any atom is 0.248 e. The van der Waals surface area contributed by atoms with Crippen molar-refractivity contribution in [3.05, 3.63) is 65.6 Å². The minimum absolute atomic E-state index is 0.0520. The zero-order chi connectivity index (χ0) is 20.0. The summed E-state index contributed by atoms with van der Waals surface area (Å²) in [6.07, 6.45) is 2.35. The Hall–Kier alpha value is -3.94. The van der Waals surface area contributed by atoms with E-state index in [0.717, 1.165) is 39.4 Å². The number of fused-ring (bicyclic) bond motifs is 2. The first-order valence-corrected chi connectivity index (χ1v) is 9.21. The predicted octanol–water partition coefficient (Wildman–Crippen LogP) is 2.42. The molecule has 8 heteroatoms. The molecule has 0 aliphatic carbocycles. The van der Waals surface area contributed by atoms with Gasteiger partial charge in [-0.3, -0.25) is 4.79 Å². The first-order chi connectivity index (χ1) is 14.1. The van der Waals surface area contributed by atoms with E-state index < -0.39 is 5.91 Å². The molecule has 1 aliphatic rings. The number of nitrogen functional groups attached to an aromatic ring is 1. The minimum Gasteiger partial charge on any atom is -0.493 e. The highest BCUT2D eigenvalue weighted by Gasteiger charge is 2.25. The number of carbonyl (C=O) groups is 1. The highest BCUT2D eigenvalue weighted by Crippen LogP contribution is 2.33. The fourth-order valence-corrected chi connectivity index (χ4v) is 3.64. The third-order valence-electron chi connectivity index (χ3n) is 5.11. The van der Waals surface area contributed by atoms with Gasteiger partial charge in [-0.25, -0.2) is 15.0 Å². The van der Waals surface area contributed by atoms with E-state index >= 15 is 0 Å². The number of anilines is 1. The second-order valence-electron chi connectivity index (χ2n) is 7.05. The molecule has 8 nitrogen and oxygen atoms in total. The van der Waals surface area contributed by atoms with E-state index in [0.29, 0.717) is 18.6 Å². The van der Waals surface area contributed by atoms with Crippen LogP contribution in [-0.2, 0) is 6.42 Å². The molecule has 0 fully saturated rings. The molecule has 1 amide bonds. The van der Waals surface area contributed by atoms with Crippen molar-refractivity contribution in [2.45, 2.75) is 12.3 Å². The molecular weight excluding hydrogens is 368 g/mol. The lowest BCUT2D eigenvalue weighted by Crippen LogP contribution is -2.21. The van der Waals surface area contributed by atoms with Crippen LogP contribution in [0, 0.1) is 0 Å². The summed E-state index contributed by atoms with van der Waals surface area (Å²) in [5, 5.41) is 0. The van der Waals surface area contributed by atoms with E-state index in [1.165, 1.54) is 0 Å². The van der Waals surface area contributed by atoms with Crippen LogP contribution in [0.2, 0.25) is 0 Å². The summed E-state index contributed by atoms with van der Waals surface area (Å²) in [5.74, 6) is 1.47. The van der Waals surface area contributed by atoms with E-state index in [2.05, 4.69) is 15.0 Å². The Kier molecular flexibility index (Phi) is 3.90. The van der Waals surface area contributed by atoms with Gasteiger partial charge in [-0.05, 0) is 48.4 Å². The van der Waals surface area contributed by atoms with Crippen LogP contribution in [0.25, 0.3) is 22.3 Å². The van der Waals surface area contributed by atoms with Crippen LogP contribution in [0.1, 0.15) is 27.7 Å². The van der Waals surface area contributed by atoms with Crippen LogP contribution in [0.4, 0.5) is 5.95 Å². The number of carbonyl (C=O) groups excluding carboxylic acids is 1. The summed E-state index contributed by atoms with van der Waals surface area (Å²) in [5.41, 5.74) is 16.0. The molecule has 2 aromatic heterocycles. The van der Waals surface area contributed by atoms with Crippen LogP contribution in [0.5, 0.6) is 5.75 Å². The van der Waals surface area contributed by atoms with Crippen molar-refractivity contribution in [1.29, 1.82) is 0 Å². The number of nitrogens with two attached hydrogens (primary N) is 2. The highest BCUT2D eigenvalue weighted by molar-refractivity contribution is 5.93. The average Bonchev–Trinajstić information content (AvgIpc) is 3.16. The summed E-state index contributed by atoms with van der Waals surface area (Å²) in [4.78, 5) is 27.8. The number of H-pyrrole nitrogens is 1. The quantitative estimate of drug-likeness (QED) is 0.495. The van der Waals surface area contributed by atoms with Crippen LogP contribution in [0.15, 0.2) is 48.7 Å². The van der Waals surface area contributed by atoms with E-state index in [1.807, 2.05) is 24.3 Å². The van der Waals surface area contributed by atoms with Gasteiger partial charge in [-0.2, -0.15) is 0 Å². The first kappa shape index (κ1) is 17.2. The van der Waals surface area contributed by atoms with Crippen molar-refractivity contribution in [1.82, 2.24) is 19.9 Å². The van der Waals surface area contributed by atoms with Gasteiger partial charge in [-0.15, -0.1) is 0 Å². The number of imidazole rings is 1. The summed E-state index contributed by atoms with van der Waals surface area (Å²) in [7, 11) is 0. The van der Waals surface area contributed by atoms with Gasteiger partial charge in [0.05, 0.1) is 29.3 Å². The van der Waals surface area contributed by atoms with Gasteiger partial charge in [0.15, 0.2) is 0 Å². The molecule has 1 unspecified atom stereocenters. The molecule has 0 spiro atoms. The monoisotopic (exact) mass is 386 g/mol. The first-order valence-electron chi connectivity index (χ1n) is 9.21. The lowest BCUT2D eigenvalue weighted by molar-refractivity contribution is 0.1000. The average molecular weight is 386 g/mol. The number of nitrogens with one attached hydrogen (secondary N) is 1. The molecule has 2 aromatic carbocycles. The predicted molar refractivity (Wildman–Crippen MR) is 108 cm³/mol. The molecule has 1 aliphatic heterocycles. The third kappa shape index (κ3) is 3.14. The normalized spacial score (nSPS) is 15.7. The fourth-order valence-electron chi connectivity index (χ4n) is 3.64. The van der Waals surface area contributed by atoms with Gasteiger partial charge in [-0.1, -0.05) is 6.07 Å². The number of benzene rings is 2. The number of hydrogen-bond donors (Lipinski definition) is 3. The Bertz CT molecular complexity index is 1250. The van der Waals surface area contributed by atoms with Crippen molar-refractivity contribution in [3.8, 4) is 17.0 Å². The second-order valence-corrected chi connectivity index (χ2v) is 7.05. The van der Waals surface area contributed by atoms with Crippen LogP contribution < -0.4 is 16.2 Å². The largest absolute Gasteiger partial charge is 0.493 e. The minimum atomic E-state index is -0.448. The summed E-state index contributed by atoms with van der Waals surface area (Å²) in [6, 6.07) is 13.0. The second kappa shape index (κ2) is 6.59. The fraction of sp³-hybridized carbons (Fsp3) is 0.143. The number of aromatic amines is 1. The molecule has 5 N–H and O–H groups in total. The Labute approximate surface area is 166 Å². The van der Waals surface area contributed by atoms with Gasteiger partial charge < -0.3 is 21.2 Å². The van der Waals surface area contributed by atoms with Crippen molar-refractivity contribution >= 4 is 22.9 Å². The molecular formula is C21H18N6O2. The van der Waals surface area contributed by atoms with Gasteiger partial charge >= 0.3 is 0 Å². The van der Waals surface area contributed by atoms with Crippen molar-refractivity contribution in [2.24, 2.45) is 5.73 Å². The Morgan fingerprint density at radius 1 is 1.14 bits per heavy atom. The zero-order valence-corrected chi connectivity index (χ0v) is 15.4. The number of primary amides is 1. The number of aromatic nitrogens is 4. The summed E-state index contributed by atoms with van der Waals surface area (Å²) < 4.78 is 5.88. The van der Waals surface area contributed by atoms with E-state index in [-0.39, 0.29) is 11.9 Å². The molecule has 29 heavy (non-hydrogen) atoms. The maximum absolute atomic E-state index is 11.5. The van der Waals surface area contributed by atoms with Crippen LogP contribution >= 0.6 is 0 Å². The number of ether oxygens (including phenoxy) is 1. The molecule has 0 saturated carbocycles. The maximum atomic E-state index is 11.5. The molecule has 3 heterocycles. The molecule has 4 aromatic rings. The molecule has 0 saturated heterocycles. The summed E-state index contributed by atoms with van der Waals surface area (Å²) >= 11 is 0. The number of amides is 1. The molecule has 144 valence electrons. The molecule has 1 atom stereocenters. The SMILES string of the molecule is NC(=O)c1ccc2c(c1)CC(c1nc3ccc(-c4ccnc(N)n4)cc3[nH]1)CO2. The topological polar surface area (TPSA) is 133 Å². The van der Waals surface area contributed by atoms with E-state index in [1.54, 1.807) is 24.4 Å². The molecule has 0 bridgehead atoms. The Morgan fingerprint density at radius 2 is 2.03 bits per heavy atom. The standard InChI is InChI=1S/C21H18N6O2/c22-19(28)12-2-4-18-13(7-12)8-14(10-29-18)20-25-16-3-1-11(9-17(16)26-20)15-5-6-24-21(23)27-15/h1-7,9,14H,8,10H2,(H2,22,28)(H,25,26)(H2,23,24,27). The van der Waals surface area contributed by atoms with Crippen molar-refractivity contribution in [3.63, 3.8) is 0 Å². The number of nitrogens with zero attached hydrogens (tertiary/aromatic N) is 3. The highest BCUT2D eigenvalue weighted by atomic mass is 16.5. The van der Waals surface area contributed by atoms with Gasteiger partial charge in [0.1, 0.15) is 11.6 Å². The van der Waals surface area contributed by atoms with Crippen LogP contribution in [0.3, 0.4) is 0 Å². The van der Waals surface area contributed by atoms with Gasteiger partial charge in [0.25, 0.3) is 0 Å². The Morgan fingerprint density at radius 3 is 2.86 bits per heavy atom. The van der Waals surface area contributed by atoms with Crippen molar-refractivity contribution < 1.29 is 9.53 Å². The number of rotatable bonds is 3. The molecule has 5 rings (SSSR count). The van der Waals surface area contributed by atoms with Gasteiger partial charge in [0, 0.05) is 17.3 Å². The smallest absolute Gasteiger partial charge is 0.248 e. The van der Waals surface area contributed by atoms with Crippen LogP contribution in [-0.4, -0.2) is 32.4 Å². The van der Waals surface area contributed by atoms with Gasteiger partial charge in [0.2, 0.25) is 11.9 Å². The lowest BCUT2D eigenvalue weighted by atomic mass is 9.94. The summed E-state index contributed by atoms with van der Waals surface area (Å²) in [6.45, 7) is 0.512. The molecule has 0 radical (unpaired) electrons. The van der Waals surface area contributed by atoms with Crippen molar-refractivity contribution in [2.75, 3.05) is 12.3 Å². The third-order valence-corrected chi connectivity index (χ3v) is 5.11. The lowest BCUT2D eigenvalue weighted by Gasteiger charge is -2.24. The Balaban J connectivity index is 1.46. The zero-order valence-electron chi connectivity index (χ0n) is 15.4. The number of hydrogen-bond acceptors (Lipinski definition) is 6.